The molecule has 1 fully saturated rings. The minimum Gasteiger partial charge on any atom is -0.378 e. The molecule has 1 heterocycles. The Morgan fingerprint density at radius 2 is 2.46 bits per heavy atom. The molecule has 0 aliphatic carbocycles. The molecule has 0 unspecified atom stereocenters. The molecule has 4 N–H and O–H groups in total. The number of hydrogen-bond acceptors (Lipinski definition) is 4. The number of nitrogens with two attached hydrogens (primary N) is 1. The highest BCUT2D eigenvalue weighted by Gasteiger charge is 2.19. The van der Waals surface area contributed by atoms with E-state index in [0.29, 0.717) is 26.3 Å². The summed E-state index contributed by atoms with van der Waals surface area (Å²) in [6.45, 7) is 2.87. The van der Waals surface area contributed by atoms with Crippen molar-refractivity contribution < 1.29 is 9.53 Å². The number of carbonyl (C=O) groups is 1. The highest BCUT2D eigenvalue weighted by atomic mass is 35.5. The minimum atomic E-state index is -0.203. The quantitative estimate of drug-likeness (QED) is 0.527. The second-order valence-corrected chi connectivity index (χ2v) is 2.66. The van der Waals surface area contributed by atoms with Crippen molar-refractivity contribution >= 4 is 18.3 Å². The third kappa shape index (κ3) is 4.42. The predicted octanol–water partition coefficient (Wildman–Crippen LogP) is -1.53. The molecule has 1 saturated heterocycles. The van der Waals surface area contributed by atoms with Crippen molar-refractivity contribution in [1.29, 1.82) is 0 Å². The van der Waals surface area contributed by atoms with Crippen molar-refractivity contribution in [3.63, 3.8) is 0 Å². The van der Waals surface area contributed by atoms with Crippen LogP contribution in [0.2, 0.25) is 0 Å². The van der Waals surface area contributed by atoms with Gasteiger partial charge in [-0.1, -0.05) is 0 Å². The van der Waals surface area contributed by atoms with Crippen LogP contribution in [0, 0.1) is 0 Å². The Bertz CT molecular complexity index is 151. The zero-order chi connectivity index (χ0) is 8.81. The van der Waals surface area contributed by atoms with Gasteiger partial charge in [-0.05, 0) is 0 Å². The van der Waals surface area contributed by atoms with Gasteiger partial charge in [0.1, 0.15) is 6.04 Å². The second-order valence-electron chi connectivity index (χ2n) is 2.66. The monoisotopic (exact) mass is 209 g/mol. The van der Waals surface area contributed by atoms with Crippen LogP contribution in [-0.4, -0.2) is 44.8 Å². The summed E-state index contributed by atoms with van der Waals surface area (Å²) in [6, 6.07) is -0.203. The molecule has 0 spiro atoms. The van der Waals surface area contributed by atoms with Gasteiger partial charge < -0.3 is 21.1 Å². The molecule has 6 heteroatoms. The van der Waals surface area contributed by atoms with Crippen LogP contribution in [-0.2, 0) is 9.53 Å². The highest BCUT2D eigenvalue weighted by molar-refractivity contribution is 5.85. The summed E-state index contributed by atoms with van der Waals surface area (Å²) in [5.74, 6) is -0.0276. The zero-order valence-electron chi connectivity index (χ0n) is 7.41. The van der Waals surface area contributed by atoms with Gasteiger partial charge in [-0.25, -0.2) is 0 Å². The lowest BCUT2D eigenvalue weighted by Gasteiger charge is -2.22. The van der Waals surface area contributed by atoms with Gasteiger partial charge in [0.05, 0.1) is 13.2 Å². The normalized spacial score (nSPS) is 21.8. The average molecular weight is 210 g/mol. The first-order valence-electron chi connectivity index (χ1n) is 4.13. The van der Waals surface area contributed by atoms with E-state index in [0.717, 1.165) is 6.54 Å². The molecule has 0 aromatic rings. The smallest absolute Gasteiger partial charge is 0.239 e. The maximum atomic E-state index is 11.2. The van der Waals surface area contributed by atoms with Crippen LogP contribution in [0.5, 0.6) is 0 Å². The van der Waals surface area contributed by atoms with Crippen LogP contribution in [0.1, 0.15) is 0 Å². The molecule has 78 valence electrons. The molecule has 1 amide bonds. The van der Waals surface area contributed by atoms with Gasteiger partial charge in [0, 0.05) is 19.6 Å². The molecular weight excluding hydrogens is 194 g/mol. The van der Waals surface area contributed by atoms with E-state index in [1.54, 1.807) is 0 Å². The number of ether oxygens (including phenoxy) is 1. The summed E-state index contributed by atoms with van der Waals surface area (Å²) in [6.07, 6.45) is 0. The summed E-state index contributed by atoms with van der Waals surface area (Å²) < 4.78 is 5.13. The van der Waals surface area contributed by atoms with Crippen molar-refractivity contribution in [2.75, 3.05) is 32.8 Å². The van der Waals surface area contributed by atoms with E-state index in [2.05, 4.69) is 10.6 Å². The molecule has 0 bridgehead atoms. The van der Waals surface area contributed by atoms with E-state index in [-0.39, 0.29) is 24.4 Å². The van der Waals surface area contributed by atoms with Crippen LogP contribution in [0.25, 0.3) is 0 Å². The first-order chi connectivity index (χ1) is 5.84. The molecule has 1 aliphatic heterocycles. The van der Waals surface area contributed by atoms with Crippen LogP contribution in [0.4, 0.5) is 0 Å². The van der Waals surface area contributed by atoms with Gasteiger partial charge in [-0.2, -0.15) is 0 Å². The largest absolute Gasteiger partial charge is 0.378 e. The van der Waals surface area contributed by atoms with E-state index < -0.39 is 0 Å². The fraction of sp³-hybridized carbons (Fsp3) is 0.857. The Morgan fingerprint density at radius 3 is 3.00 bits per heavy atom. The number of morpholine rings is 1. The van der Waals surface area contributed by atoms with Crippen LogP contribution < -0.4 is 16.4 Å². The molecule has 0 aromatic heterocycles. The van der Waals surface area contributed by atoms with Crippen molar-refractivity contribution in [2.24, 2.45) is 5.73 Å². The molecule has 0 aromatic carbocycles. The lowest BCUT2D eigenvalue weighted by Crippen LogP contribution is -2.51. The van der Waals surface area contributed by atoms with Crippen molar-refractivity contribution in [1.82, 2.24) is 10.6 Å². The van der Waals surface area contributed by atoms with Gasteiger partial charge in [0.2, 0.25) is 5.91 Å². The summed E-state index contributed by atoms with van der Waals surface area (Å²) >= 11 is 0. The van der Waals surface area contributed by atoms with E-state index in [1.807, 2.05) is 0 Å². The topological polar surface area (TPSA) is 76.4 Å². The van der Waals surface area contributed by atoms with Gasteiger partial charge in [-0.15, -0.1) is 12.4 Å². The van der Waals surface area contributed by atoms with Gasteiger partial charge >= 0.3 is 0 Å². The summed E-state index contributed by atoms with van der Waals surface area (Å²) in [4.78, 5) is 11.2. The fourth-order valence-corrected chi connectivity index (χ4v) is 1.05. The number of hydrogen-bond donors (Lipinski definition) is 3. The number of halogens is 1. The maximum absolute atomic E-state index is 11.2. The van der Waals surface area contributed by atoms with E-state index in [4.69, 9.17) is 10.5 Å². The third-order valence-electron chi connectivity index (χ3n) is 1.68. The van der Waals surface area contributed by atoms with Crippen LogP contribution in [0.15, 0.2) is 0 Å². The number of nitrogens with one attached hydrogen (secondary N) is 2. The van der Waals surface area contributed by atoms with Crippen LogP contribution in [0.3, 0.4) is 0 Å². The molecule has 1 rings (SSSR count). The number of amides is 1. The molecule has 0 radical (unpaired) electrons. The molecule has 1 aliphatic rings. The Kier molecular flexibility index (Phi) is 6.89. The standard InChI is InChI=1S/C7H15N3O2.ClH/c8-1-2-10-7(11)6-5-12-4-3-9-6;/h6,9H,1-5,8H2,(H,10,11);1H/t6-;/m1./s1. The SMILES string of the molecule is Cl.NCCNC(=O)[C@H]1COCCN1. The summed E-state index contributed by atoms with van der Waals surface area (Å²) in [5.41, 5.74) is 5.24. The Balaban J connectivity index is 0.00000144. The fourth-order valence-electron chi connectivity index (χ4n) is 1.05. The predicted molar refractivity (Wildman–Crippen MR) is 51.9 cm³/mol. The van der Waals surface area contributed by atoms with Crippen LogP contribution >= 0.6 is 12.4 Å². The Hall–Kier alpha value is -0.360. The second kappa shape index (κ2) is 7.08. The molecule has 1 atom stereocenters. The van der Waals surface area contributed by atoms with E-state index in [1.165, 1.54) is 0 Å². The summed E-state index contributed by atoms with van der Waals surface area (Å²) in [7, 11) is 0. The molecule has 13 heavy (non-hydrogen) atoms. The number of rotatable bonds is 3. The first kappa shape index (κ1) is 12.6. The van der Waals surface area contributed by atoms with Gasteiger partial charge in [0.15, 0.2) is 0 Å². The van der Waals surface area contributed by atoms with Gasteiger partial charge in [0.25, 0.3) is 0 Å². The van der Waals surface area contributed by atoms with Crippen molar-refractivity contribution in [3.8, 4) is 0 Å². The van der Waals surface area contributed by atoms with E-state index in [9.17, 15) is 4.79 Å². The Morgan fingerprint density at radius 1 is 1.69 bits per heavy atom. The zero-order valence-corrected chi connectivity index (χ0v) is 8.23. The average Bonchev–Trinajstić information content (AvgIpc) is 2.15. The lowest BCUT2D eigenvalue weighted by molar-refractivity contribution is -0.125. The van der Waals surface area contributed by atoms with Crippen molar-refractivity contribution in [3.05, 3.63) is 0 Å². The summed E-state index contributed by atoms with van der Waals surface area (Å²) in [5, 5.41) is 5.75. The first-order valence-corrected chi connectivity index (χ1v) is 4.13. The molecule has 0 saturated carbocycles. The highest BCUT2D eigenvalue weighted by Crippen LogP contribution is 1.91. The van der Waals surface area contributed by atoms with Crippen molar-refractivity contribution in [2.45, 2.75) is 6.04 Å². The molecular formula is C7H16ClN3O2. The lowest BCUT2D eigenvalue weighted by atomic mass is 10.2. The minimum absolute atomic E-state index is 0. The Labute approximate surface area is 83.8 Å². The van der Waals surface area contributed by atoms with Gasteiger partial charge in [-0.3, -0.25) is 4.79 Å². The number of carbonyl (C=O) groups excluding carboxylic acids is 1. The molecule has 5 nitrogen and oxygen atoms in total. The third-order valence-corrected chi connectivity index (χ3v) is 1.68. The van der Waals surface area contributed by atoms with E-state index >= 15 is 0 Å². The maximum Gasteiger partial charge on any atom is 0.239 e.